The van der Waals surface area contributed by atoms with Gasteiger partial charge in [0.1, 0.15) is 5.76 Å². The number of amides is 1. The molecule has 0 unspecified atom stereocenters. The second-order valence-electron chi connectivity index (χ2n) is 5.07. The highest BCUT2D eigenvalue weighted by molar-refractivity contribution is 7.80. The maximum absolute atomic E-state index is 12.4. The van der Waals surface area contributed by atoms with Gasteiger partial charge < -0.3 is 15.5 Å². The van der Waals surface area contributed by atoms with Crippen molar-refractivity contribution >= 4 is 23.1 Å². The molecule has 2 rings (SSSR count). The van der Waals surface area contributed by atoms with Gasteiger partial charge in [0, 0.05) is 6.42 Å². The number of thiocarbonyl (C=S) groups is 1. The smallest absolute Gasteiger partial charge is 0.255 e. The van der Waals surface area contributed by atoms with E-state index in [1.165, 1.54) is 6.42 Å². The number of aryl methyl sites for hydroxylation is 1. The molecule has 0 atom stereocenters. The minimum absolute atomic E-state index is 0.139. The van der Waals surface area contributed by atoms with Crippen LogP contribution < -0.4 is 11.1 Å². The van der Waals surface area contributed by atoms with Gasteiger partial charge >= 0.3 is 0 Å². The van der Waals surface area contributed by atoms with E-state index in [9.17, 15) is 4.79 Å². The van der Waals surface area contributed by atoms with Gasteiger partial charge in [-0.15, -0.1) is 0 Å². The summed E-state index contributed by atoms with van der Waals surface area (Å²) in [4.78, 5) is 12.8. The molecule has 4 nitrogen and oxygen atoms in total. The topological polar surface area (TPSA) is 68.3 Å². The average Bonchev–Trinajstić information content (AvgIpc) is 2.88. The normalized spacial score (nSPS) is 17.9. The summed E-state index contributed by atoms with van der Waals surface area (Å²) in [6, 6.07) is 1.70. The van der Waals surface area contributed by atoms with Crippen molar-refractivity contribution in [3.05, 3.63) is 23.7 Å². The van der Waals surface area contributed by atoms with E-state index >= 15 is 0 Å². The molecule has 1 aromatic rings. The Balaban J connectivity index is 2.18. The summed E-state index contributed by atoms with van der Waals surface area (Å²) in [5.41, 5.74) is 5.93. The predicted octanol–water partition coefficient (Wildman–Crippen LogP) is 2.56. The largest absolute Gasteiger partial charge is 0.469 e. The summed E-state index contributed by atoms with van der Waals surface area (Å²) in [5, 5.41) is 3.04. The molecular weight excluding hydrogens is 260 g/mol. The zero-order valence-corrected chi connectivity index (χ0v) is 12.0. The van der Waals surface area contributed by atoms with E-state index in [1.807, 2.05) is 6.92 Å². The van der Waals surface area contributed by atoms with Crippen LogP contribution in [0.5, 0.6) is 0 Å². The van der Waals surface area contributed by atoms with Crippen LogP contribution in [-0.4, -0.2) is 16.4 Å². The fourth-order valence-corrected chi connectivity index (χ4v) is 2.94. The molecule has 1 aromatic heterocycles. The molecule has 0 bridgehead atoms. The summed E-state index contributed by atoms with van der Waals surface area (Å²) < 4.78 is 5.29. The van der Waals surface area contributed by atoms with E-state index < -0.39 is 5.54 Å². The van der Waals surface area contributed by atoms with Gasteiger partial charge in [0.25, 0.3) is 5.91 Å². The summed E-state index contributed by atoms with van der Waals surface area (Å²) in [6.07, 6.45) is 7.15. The van der Waals surface area contributed by atoms with Gasteiger partial charge in [0.05, 0.1) is 22.4 Å². The minimum atomic E-state index is -0.521. The molecule has 0 aromatic carbocycles. The zero-order valence-electron chi connectivity index (χ0n) is 11.2. The Morgan fingerprint density at radius 1 is 1.47 bits per heavy atom. The number of nitrogens with one attached hydrogen (secondary N) is 1. The van der Waals surface area contributed by atoms with Crippen LogP contribution in [0.4, 0.5) is 0 Å². The van der Waals surface area contributed by atoms with Crippen molar-refractivity contribution in [2.45, 2.75) is 51.0 Å². The van der Waals surface area contributed by atoms with Crippen molar-refractivity contribution in [2.75, 3.05) is 0 Å². The summed E-state index contributed by atoms with van der Waals surface area (Å²) in [6.45, 7) is 1.96. The van der Waals surface area contributed by atoms with Crippen LogP contribution in [0, 0.1) is 0 Å². The number of carbonyl (C=O) groups excluding carboxylic acids is 1. The molecule has 1 aliphatic carbocycles. The zero-order chi connectivity index (χ0) is 13.9. The van der Waals surface area contributed by atoms with Crippen molar-refractivity contribution in [3.8, 4) is 0 Å². The van der Waals surface area contributed by atoms with E-state index in [0.29, 0.717) is 22.7 Å². The predicted molar refractivity (Wildman–Crippen MR) is 78.2 cm³/mol. The van der Waals surface area contributed by atoms with Crippen LogP contribution in [0.3, 0.4) is 0 Å². The highest BCUT2D eigenvalue weighted by Crippen LogP contribution is 2.29. The lowest BCUT2D eigenvalue weighted by Crippen LogP contribution is -2.57. The second kappa shape index (κ2) is 5.74. The van der Waals surface area contributed by atoms with Gasteiger partial charge in [0.15, 0.2) is 0 Å². The highest BCUT2D eigenvalue weighted by atomic mass is 32.1. The van der Waals surface area contributed by atoms with E-state index in [2.05, 4.69) is 5.32 Å². The maximum Gasteiger partial charge on any atom is 0.255 e. The van der Waals surface area contributed by atoms with Gasteiger partial charge in [0.2, 0.25) is 0 Å². The van der Waals surface area contributed by atoms with Crippen LogP contribution in [0.1, 0.15) is 55.1 Å². The number of hydrogen-bond acceptors (Lipinski definition) is 3. The number of nitrogens with two attached hydrogens (primary N) is 1. The SMILES string of the molecule is CCc1occc1C(=O)NC1(C(N)=S)CCCCC1. The standard InChI is InChI=1S/C14H20N2O2S/c1-2-11-10(6-9-18-11)12(17)16-14(13(15)19)7-4-3-5-8-14/h6,9H,2-5,7-8H2,1H3,(H2,15,19)(H,16,17). The third-order valence-electron chi connectivity index (χ3n) is 3.84. The first-order valence-electron chi connectivity index (χ1n) is 6.78. The molecule has 5 heteroatoms. The molecule has 1 saturated carbocycles. The highest BCUT2D eigenvalue weighted by Gasteiger charge is 2.37. The van der Waals surface area contributed by atoms with Gasteiger partial charge in [-0.25, -0.2) is 0 Å². The van der Waals surface area contributed by atoms with Crippen LogP contribution in [-0.2, 0) is 6.42 Å². The number of furan rings is 1. The first-order valence-corrected chi connectivity index (χ1v) is 7.18. The summed E-state index contributed by atoms with van der Waals surface area (Å²) >= 11 is 5.18. The second-order valence-corrected chi connectivity index (χ2v) is 5.51. The van der Waals surface area contributed by atoms with Crippen molar-refractivity contribution in [2.24, 2.45) is 5.73 Å². The minimum Gasteiger partial charge on any atom is -0.469 e. The lowest BCUT2D eigenvalue weighted by atomic mass is 9.81. The van der Waals surface area contributed by atoms with Gasteiger partial charge in [-0.3, -0.25) is 4.79 Å². The summed E-state index contributed by atoms with van der Waals surface area (Å²) in [7, 11) is 0. The van der Waals surface area contributed by atoms with Gasteiger partial charge in [-0.2, -0.15) is 0 Å². The Hall–Kier alpha value is -1.36. The average molecular weight is 280 g/mol. The molecule has 0 spiro atoms. The third kappa shape index (κ3) is 2.81. The third-order valence-corrected chi connectivity index (χ3v) is 4.23. The maximum atomic E-state index is 12.4. The van der Waals surface area contributed by atoms with E-state index in [0.717, 1.165) is 25.7 Å². The fourth-order valence-electron chi connectivity index (χ4n) is 2.69. The molecule has 1 aliphatic rings. The fraction of sp³-hybridized carbons (Fsp3) is 0.571. The van der Waals surface area contributed by atoms with Crippen molar-refractivity contribution < 1.29 is 9.21 Å². The Bertz CT molecular complexity index is 476. The summed E-state index contributed by atoms with van der Waals surface area (Å²) in [5.74, 6) is 0.562. The molecule has 0 radical (unpaired) electrons. The molecule has 0 aliphatic heterocycles. The Kier molecular flexibility index (Phi) is 4.24. The Labute approximate surface area is 118 Å². The lowest BCUT2D eigenvalue weighted by Gasteiger charge is -2.37. The lowest BCUT2D eigenvalue weighted by molar-refractivity contribution is 0.0906. The van der Waals surface area contributed by atoms with Gasteiger partial charge in [-0.1, -0.05) is 38.4 Å². The van der Waals surface area contributed by atoms with E-state index in [4.69, 9.17) is 22.4 Å². The monoisotopic (exact) mass is 280 g/mol. The van der Waals surface area contributed by atoms with Gasteiger partial charge in [-0.05, 0) is 18.9 Å². The number of hydrogen-bond donors (Lipinski definition) is 2. The molecular formula is C14H20N2O2S. The molecule has 3 N–H and O–H groups in total. The first-order chi connectivity index (χ1) is 9.09. The van der Waals surface area contributed by atoms with Crippen LogP contribution in [0.2, 0.25) is 0 Å². The Morgan fingerprint density at radius 2 is 2.16 bits per heavy atom. The molecule has 1 fully saturated rings. The molecule has 19 heavy (non-hydrogen) atoms. The quantitative estimate of drug-likeness (QED) is 0.832. The van der Waals surface area contributed by atoms with E-state index in [1.54, 1.807) is 12.3 Å². The number of rotatable bonds is 4. The Morgan fingerprint density at radius 3 is 2.74 bits per heavy atom. The first kappa shape index (κ1) is 14.1. The van der Waals surface area contributed by atoms with E-state index in [-0.39, 0.29) is 5.91 Å². The van der Waals surface area contributed by atoms with Crippen LogP contribution >= 0.6 is 12.2 Å². The van der Waals surface area contributed by atoms with Crippen molar-refractivity contribution in [1.82, 2.24) is 5.32 Å². The van der Waals surface area contributed by atoms with Crippen molar-refractivity contribution in [3.63, 3.8) is 0 Å². The molecule has 1 heterocycles. The number of carbonyl (C=O) groups is 1. The molecule has 1 amide bonds. The van der Waals surface area contributed by atoms with Crippen LogP contribution in [0.15, 0.2) is 16.7 Å². The van der Waals surface area contributed by atoms with Crippen LogP contribution in [0.25, 0.3) is 0 Å². The molecule has 0 saturated heterocycles. The molecule has 104 valence electrons. The van der Waals surface area contributed by atoms with Crippen molar-refractivity contribution in [1.29, 1.82) is 0 Å².